The molecule has 0 aliphatic carbocycles. The second-order valence-electron chi connectivity index (χ2n) is 9.53. The first-order valence-electron chi connectivity index (χ1n) is 13.3. The van der Waals surface area contributed by atoms with Crippen LogP contribution in [0.4, 0.5) is 0 Å². The van der Waals surface area contributed by atoms with Crippen molar-refractivity contribution in [2.75, 3.05) is 13.2 Å². The molecule has 8 heteroatoms. The number of hydrogen-bond donors (Lipinski definition) is 2. The minimum Gasteiger partial charge on any atom is -0.507 e. The highest BCUT2D eigenvalue weighted by molar-refractivity contribution is 6.30. The molecular formula is C31H32ClN3O4. The van der Waals surface area contributed by atoms with Crippen LogP contribution >= 0.6 is 11.6 Å². The fourth-order valence-corrected chi connectivity index (χ4v) is 5.11. The molecule has 4 aromatic rings. The molecule has 202 valence electrons. The fraction of sp³-hybridized carbons (Fsp3) is 0.290. The highest BCUT2D eigenvalue weighted by Crippen LogP contribution is 2.46. The Hall–Kier alpha value is -3.97. The molecule has 0 saturated heterocycles. The summed E-state index contributed by atoms with van der Waals surface area (Å²) >= 11 is 6.11. The number of H-pyrrole nitrogens is 1. The lowest BCUT2D eigenvalue weighted by Crippen LogP contribution is -2.29. The van der Waals surface area contributed by atoms with Crippen LogP contribution in [0.5, 0.6) is 17.2 Å². The number of amides is 1. The zero-order chi connectivity index (χ0) is 27.4. The standard InChI is InChI=1S/C31H32ClN3O4/c1-3-5-8-17-39-25-16-13-21(18-26(25)38-4-2)30-27-28(23-9-6-7-10-24(23)36)33-34-29(27)31(37)35(30)19-20-11-14-22(32)15-12-20/h6-7,9-16,18,30,36H,3-5,8,17,19H2,1-2H3,(H,33,34). The third-order valence-corrected chi connectivity index (χ3v) is 7.13. The van der Waals surface area contributed by atoms with Gasteiger partial charge in [0.15, 0.2) is 11.5 Å². The maximum atomic E-state index is 13.8. The number of ether oxygens (including phenoxy) is 2. The van der Waals surface area contributed by atoms with Crippen LogP contribution in [0.25, 0.3) is 11.3 Å². The van der Waals surface area contributed by atoms with Gasteiger partial charge in [-0.2, -0.15) is 5.10 Å². The molecule has 7 nitrogen and oxygen atoms in total. The van der Waals surface area contributed by atoms with E-state index in [2.05, 4.69) is 17.1 Å². The topological polar surface area (TPSA) is 87.7 Å². The van der Waals surface area contributed by atoms with Crippen LogP contribution in [0.3, 0.4) is 0 Å². The highest BCUT2D eigenvalue weighted by Gasteiger charge is 2.42. The Kier molecular flexibility index (Phi) is 8.07. The Morgan fingerprint density at radius 1 is 1.00 bits per heavy atom. The third-order valence-electron chi connectivity index (χ3n) is 6.88. The molecule has 0 saturated carbocycles. The molecule has 0 radical (unpaired) electrons. The Labute approximate surface area is 233 Å². The van der Waals surface area contributed by atoms with Crippen molar-refractivity contribution in [2.24, 2.45) is 0 Å². The van der Waals surface area contributed by atoms with Gasteiger partial charge in [0.05, 0.1) is 19.3 Å². The first-order valence-corrected chi connectivity index (χ1v) is 13.7. The van der Waals surface area contributed by atoms with E-state index in [-0.39, 0.29) is 11.7 Å². The number of nitrogens with zero attached hydrogens (tertiary/aromatic N) is 2. The summed E-state index contributed by atoms with van der Waals surface area (Å²) in [6, 6.07) is 19.8. The molecule has 1 atom stereocenters. The first kappa shape index (κ1) is 26.6. The number of carbonyl (C=O) groups is 1. The lowest BCUT2D eigenvalue weighted by atomic mass is 9.95. The van der Waals surface area contributed by atoms with Gasteiger partial charge in [-0.25, -0.2) is 0 Å². The molecule has 0 bridgehead atoms. The predicted molar refractivity (Wildman–Crippen MR) is 151 cm³/mol. The molecule has 1 aliphatic heterocycles. The van der Waals surface area contributed by atoms with Gasteiger partial charge in [-0.05, 0) is 60.9 Å². The van der Waals surface area contributed by atoms with E-state index in [4.69, 9.17) is 21.1 Å². The monoisotopic (exact) mass is 545 g/mol. The minimum absolute atomic E-state index is 0.0972. The molecule has 39 heavy (non-hydrogen) atoms. The summed E-state index contributed by atoms with van der Waals surface area (Å²) in [6.07, 6.45) is 3.19. The van der Waals surface area contributed by atoms with Crippen molar-refractivity contribution in [3.8, 4) is 28.5 Å². The van der Waals surface area contributed by atoms with E-state index in [1.807, 2.05) is 60.4 Å². The summed E-state index contributed by atoms with van der Waals surface area (Å²) in [5.41, 5.74) is 4.03. The number of phenolic OH excluding ortho intramolecular Hbond substituents is 1. The van der Waals surface area contributed by atoms with Gasteiger partial charge in [-0.15, -0.1) is 0 Å². The second-order valence-corrected chi connectivity index (χ2v) is 9.97. The second kappa shape index (κ2) is 11.8. The SMILES string of the molecule is CCCCCOc1ccc(C2c3c(-c4ccccc4O)n[nH]c3C(=O)N2Cc2ccc(Cl)cc2)cc1OCC. The lowest BCUT2D eigenvalue weighted by Gasteiger charge is -2.27. The van der Waals surface area contributed by atoms with E-state index in [9.17, 15) is 9.90 Å². The number of aromatic hydroxyl groups is 1. The van der Waals surface area contributed by atoms with Gasteiger partial charge >= 0.3 is 0 Å². The number of unbranched alkanes of at least 4 members (excludes halogenated alkanes) is 2. The Bertz CT molecular complexity index is 1450. The summed E-state index contributed by atoms with van der Waals surface area (Å²) in [5, 5.41) is 18.7. The van der Waals surface area contributed by atoms with Crippen molar-refractivity contribution in [3.63, 3.8) is 0 Å². The largest absolute Gasteiger partial charge is 0.507 e. The molecule has 1 aromatic heterocycles. The van der Waals surface area contributed by atoms with Crippen LogP contribution in [-0.2, 0) is 6.54 Å². The number of phenols is 1. The number of para-hydroxylation sites is 1. The van der Waals surface area contributed by atoms with E-state index in [1.54, 1.807) is 18.2 Å². The molecule has 1 unspecified atom stereocenters. The number of aromatic nitrogens is 2. The molecule has 3 aromatic carbocycles. The van der Waals surface area contributed by atoms with E-state index >= 15 is 0 Å². The number of rotatable bonds is 11. The van der Waals surface area contributed by atoms with Crippen LogP contribution in [-0.4, -0.2) is 39.3 Å². The number of fused-ring (bicyclic) bond motifs is 1. The first-order chi connectivity index (χ1) is 19.0. The number of benzene rings is 3. The molecule has 2 heterocycles. The van der Waals surface area contributed by atoms with Crippen molar-refractivity contribution >= 4 is 17.5 Å². The summed E-state index contributed by atoms with van der Waals surface area (Å²) in [5.74, 6) is 1.24. The van der Waals surface area contributed by atoms with Crippen molar-refractivity contribution in [1.29, 1.82) is 0 Å². The van der Waals surface area contributed by atoms with E-state index < -0.39 is 6.04 Å². The van der Waals surface area contributed by atoms with Gasteiger partial charge in [-0.1, -0.05) is 61.7 Å². The van der Waals surface area contributed by atoms with E-state index in [0.29, 0.717) is 53.2 Å². The van der Waals surface area contributed by atoms with Gasteiger partial charge in [0.25, 0.3) is 5.91 Å². The van der Waals surface area contributed by atoms with Gasteiger partial charge in [0.1, 0.15) is 17.1 Å². The molecule has 5 rings (SSSR count). The number of aromatic amines is 1. The fourth-order valence-electron chi connectivity index (χ4n) is 4.99. The third kappa shape index (κ3) is 5.45. The normalized spacial score (nSPS) is 14.5. The van der Waals surface area contributed by atoms with Gasteiger partial charge in [-0.3, -0.25) is 9.89 Å². The van der Waals surface area contributed by atoms with Crippen LogP contribution < -0.4 is 9.47 Å². The average Bonchev–Trinajstić information content (AvgIpc) is 3.48. The minimum atomic E-state index is -0.468. The summed E-state index contributed by atoms with van der Waals surface area (Å²) in [4.78, 5) is 15.6. The number of halogens is 1. The smallest absolute Gasteiger partial charge is 0.273 e. The molecule has 0 fully saturated rings. The van der Waals surface area contributed by atoms with Crippen molar-refractivity contribution < 1.29 is 19.4 Å². The van der Waals surface area contributed by atoms with E-state index in [0.717, 1.165) is 36.0 Å². The lowest BCUT2D eigenvalue weighted by molar-refractivity contribution is 0.0729. The van der Waals surface area contributed by atoms with E-state index in [1.165, 1.54) is 0 Å². The Morgan fingerprint density at radius 2 is 1.79 bits per heavy atom. The Morgan fingerprint density at radius 3 is 2.54 bits per heavy atom. The van der Waals surface area contributed by atoms with Crippen LogP contribution in [0, 0.1) is 0 Å². The molecule has 2 N–H and O–H groups in total. The maximum Gasteiger partial charge on any atom is 0.273 e. The average molecular weight is 546 g/mol. The highest BCUT2D eigenvalue weighted by atomic mass is 35.5. The number of nitrogens with one attached hydrogen (secondary N) is 1. The van der Waals surface area contributed by atoms with Gasteiger partial charge in [0, 0.05) is 22.7 Å². The Balaban J connectivity index is 1.59. The number of hydrogen-bond acceptors (Lipinski definition) is 5. The molecule has 1 amide bonds. The molecule has 0 spiro atoms. The van der Waals surface area contributed by atoms with Crippen molar-refractivity contribution in [2.45, 2.75) is 45.7 Å². The van der Waals surface area contributed by atoms with Crippen LogP contribution in [0.15, 0.2) is 66.7 Å². The predicted octanol–water partition coefficient (Wildman–Crippen LogP) is 7.15. The quantitative estimate of drug-likeness (QED) is 0.195. The van der Waals surface area contributed by atoms with Gasteiger partial charge in [0.2, 0.25) is 0 Å². The zero-order valence-electron chi connectivity index (χ0n) is 22.1. The summed E-state index contributed by atoms with van der Waals surface area (Å²) in [7, 11) is 0. The van der Waals surface area contributed by atoms with Crippen LogP contribution in [0.2, 0.25) is 5.02 Å². The zero-order valence-corrected chi connectivity index (χ0v) is 22.9. The van der Waals surface area contributed by atoms with Gasteiger partial charge < -0.3 is 19.5 Å². The van der Waals surface area contributed by atoms with Crippen LogP contribution in [0.1, 0.15) is 66.3 Å². The summed E-state index contributed by atoms with van der Waals surface area (Å²) < 4.78 is 12.0. The molecular weight excluding hydrogens is 514 g/mol. The molecule has 1 aliphatic rings. The summed E-state index contributed by atoms with van der Waals surface area (Å²) in [6.45, 7) is 5.55. The maximum absolute atomic E-state index is 13.8. The number of carbonyl (C=O) groups excluding carboxylic acids is 1. The van der Waals surface area contributed by atoms with Crippen molar-refractivity contribution in [3.05, 3.63) is 94.1 Å². The van der Waals surface area contributed by atoms with Crippen molar-refractivity contribution in [1.82, 2.24) is 15.1 Å².